The quantitative estimate of drug-likeness (QED) is 0.824. The van der Waals surface area contributed by atoms with Gasteiger partial charge in [-0.25, -0.2) is 0 Å². The van der Waals surface area contributed by atoms with Crippen molar-refractivity contribution in [1.82, 2.24) is 15.1 Å². The molecule has 0 aromatic heterocycles. The van der Waals surface area contributed by atoms with Crippen molar-refractivity contribution in [3.63, 3.8) is 0 Å². The second-order valence-electron chi connectivity index (χ2n) is 6.86. The van der Waals surface area contributed by atoms with E-state index in [1.807, 2.05) is 0 Å². The summed E-state index contributed by atoms with van der Waals surface area (Å²) < 4.78 is 0. The van der Waals surface area contributed by atoms with Gasteiger partial charge in [0.25, 0.3) is 0 Å². The fourth-order valence-electron chi connectivity index (χ4n) is 3.31. The summed E-state index contributed by atoms with van der Waals surface area (Å²) in [5.41, 5.74) is 0.352. The molecule has 2 fully saturated rings. The minimum absolute atomic E-state index is 0.352. The predicted octanol–water partition coefficient (Wildman–Crippen LogP) is 1.79. The minimum Gasteiger partial charge on any atom is -0.316 e. The molecule has 0 radical (unpaired) electrons. The van der Waals surface area contributed by atoms with Crippen LogP contribution in [0.3, 0.4) is 0 Å². The number of rotatable bonds is 4. The Morgan fingerprint density at radius 2 is 2.11 bits per heavy atom. The van der Waals surface area contributed by atoms with Gasteiger partial charge in [-0.3, -0.25) is 4.90 Å². The van der Waals surface area contributed by atoms with Crippen LogP contribution in [0.4, 0.5) is 0 Å². The number of hydrogen-bond donors (Lipinski definition) is 1. The van der Waals surface area contributed by atoms with Gasteiger partial charge in [-0.05, 0) is 72.1 Å². The molecule has 0 aromatic carbocycles. The number of piperidine rings is 1. The van der Waals surface area contributed by atoms with Gasteiger partial charge in [0, 0.05) is 25.2 Å². The molecule has 0 spiro atoms. The van der Waals surface area contributed by atoms with Crippen LogP contribution in [0.25, 0.3) is 0 Å². The molecule has 0 saturated carbocycles. The zero-order chi connectivity index (χ0) is 13.0. The molecule has 0 aromatic rings. The maximum absolute atomic E-state index is 3.52. The number of nitrogens with zero attached hydrogens (tertiary/aromatic N) is 2. The maximum atomic E-state index is 3.52. The van der Waals surface area contributed by atoms with Crippen LogP contribution in [0, 0.1) is 5.92 Å². The van der Waals surface area contributed by atoms with Crippen molar-refractivity contribution >= 4 is 0 Å². The van der Waals surface area contributed by atoms with Crippen LogP contribution in [0.15, 0.2) is 0 Å². The van der Waals surface area contributed by atoms with Crippen molar-refractivity contribution < 1.29 is 0 Å². The lowest BCUT2D eigenvalue weighted by atomic mass is 9.94. The van der Waals surface area contributed by atoms with E-state index in [4.69, 9.17) is 0 Å². The van der Waals surface area contributed by atoms with E-state index in [1.54, 1.807) is 0 Å². The van der Waals surface area contributed by atoms with Crippen LogP contribution in [0.2, 0.25) is 0 Å². The van der Waals surface area contributed by atoms with E-state index in [0.29, 0.717) is 5.54 Å². The Labute approximate surface area is 113 Å². The Bertz CT molecular complexity index is 246. The molecule has 0 aliphatic carbocycles. The predicted molar refractivity (Wildman–Crippen MR) is 78.0 cm³/mol. The molecule has 3 nitrogen and oxygen atoms in total. The average Bonchev–Trinajstić information content (AvgIpc) is 2.35. The molecule has 2 saturated heterocycles. The fraction of sp³-hybridized carbons (Fsp3) is 1.00. The summed E-state index contributed by atoms with van der Waals surface area (Å²) >= 11 is 0. The standard InChI is InChI=1S/C15H31N3/c1-15(2)13-18(11-10-17(15)3)9-5-7-14-6-4-8-16-12-14/h14,16H,4-13H2,1-3H3. The summed E-state index contributed by atoms with van der Waals surface area (Å²) in [5.74, 6) is 0.944. The van der Waals surface area contributed by atoms with Crippen LogP contribution in [0.5, 0.6) is 0 Å². The Balaban J connectivity index is 1.64. The molecule has 1 unspecified atom stereocenters. The van der Waals surface area contributed by atoms with E-state index in [0.717, 1.165) is 5.92 Å². The van der Waals surface area contributed by atoms with E-state index in [2.05, 4.69) is 36.0 Å². The molecule has 3 heteroatoms. The second kappa shape index (κ2) is 6.36. The van der Waals surface area contributed by atoms with Gasteiger partial charge in [-0.15, -0.1) is 0 Å². The lowest BCUT2D eigenvalue weighted by Crippen LogP contribution is -2.57. The molecule has 2 aliphatic rings. The first-order valence-corrected chi connectivity index (χ1v) is 7.72. The molecule has 0 amide bonds. The lowest BCUT2D eigenvalue weighted by molar-refractivity contribution is 0.0386. The van der Waals surface area contributed by atoms with Crippen LogP contribution in [-0.2, 0) is 0 Å². The Morgan fingerprint density at radius 1 is 1.28 bits per heavy atom. The third-order valence-electron chi connectivity index (χ3n) is 4.88. The Kier molecular flexibility index (Phi) is 5.05. The molecule has 2 aliphatic heterocycles. The SMILES string of the molecule is CN1CCN(CCCC2CCCNC2)CC1(C)C. The van der Waals surface area contributed by atoms with Gasteiger partial charge in [0.1, 0.15) is 0 Å². The average molecular weight is 253 g/mol. The molecule has 1 N–H and O–H groups in total. The summed E-state index contributed by atoms with van der Waals surface area (Å²) in [4.78, 5) is 5.16. The van der Waals surface area contributed by atoms with Gasteiger partial charge in [-0.1, -0.05) is 0 Å². The summed E-state index contributed by atoms with van der Waals surface area (Å²) in [6, 6.07) is 0. The maximum Gasteiger partial charge on any atom is 0.0277 e. The highest BCUT2D eigenvalue weighted by molar-refractivity contribution is 4.88. The Morgan fingerprint density at radius 3 is 2.78 bits per heavy atom. The normalized spacial score (nSPS) is 30.5. The molecule has 2 rings (SSSR count). The second-order valence-corrected chi connectivity index (χ2v) is 6.86. The molecule has 0 bridgehead atoms. The van der Waals surface area contributed by atoms with Crippen molar-refractivity contribution in [3.05, 3.63) is 0 Å². The summed E-state index contributed by atoms with van der Waals surface area (Å²) in [6.07, 6.45) is 5.62. The number of hydrogen-bond acceptors (Lipinski definition) is 3. The van der Waals surface area contributed by atoms with Gasteiger partial charge in [0.2, 0.25) is 0 Å². The van der Waals surface area contributed by atoms with Crippen molar-refractivity contribution in [2.75, 3.05) is 46.3 Å². The van der Waals surface area contributed by atoms with E-state index in [9.17, 15) is 0 Å². The van der Waals surface area contributed by atoms with Crippen LogP contribution < -0.4 is 5.32 Å². The Hall–Kier alpha value is -0.120. The highest BCUT2D eigenvalue weighted by Crippen LogP contribution is 2.20. The van der Waals surface area contributed by atoms with Crippen molar-refractivity contribution in [3.8, 4) is 0 Å². The number of nitrogens with one attached hydrogen (secondary N) is 1. The fourth-order valence-corrected chi connectivity index (χ4v) is 3.31. The number of likely N-dealkylation sites (N-methyl/N-ethyl adjacent to an activating group) is 1. The first kappa shape index (κ1) is 14.3. The van der Waals surface area contributed by atoms with Crippen LogP contribution >= 0.6 is 0 Å². The van der Waals surface area contributed by atoms with Crippen molar-refractivity contribution in [2.24, 2.45) is 5.92 Å². The third kappa shape index (κ3) is 3.94. The first-order valence-electron chi connectivity index (χ1n) is 7.72. The van der Waals surface area contributed by atoms with Gasteiger partial charge in [0.05, 0.1) is 0 Å². The summed E-state index contributed by atoms with van der Waals surface area (Å²) in [5, 5.41) is 3.52. The first-order chi connectivity index (χ1) is 8.58. The molecular weight excluding hydrogens is 222 g/mol. The summed E-state index contributed by atoms with van der Waals surface area (Å²) in [7, 11) is 2.25. The minimum atomic E-state index is 0.352. The third-order valence-corrected chi connectivity index (χ3v) is 4.88. The number of piperazine rings is 1. The van der Waals surface area contributed by atoms with E-state index in [1.165, 1.54) is 65.0 Å². The highest BCUT2D eigenvalue weighted by atomic mass is 15.3. The topological polar surface area (TPSA) is 18.5 Å². The molecule has 2 heterocycles. The smallest absolute Gasteiger partial charge is 0.0277 e. The lowest BCUT2D eigenvalue weighted by Gasteiger charge is -2.45. The molecule has 106 valence electrons. The zero-order valence-electron chi connectivity index (χ0n) is 12.5. The molecule has 18 heavy (non-hydrogen) atoms. The zero-order valence-corrected chi connectivity index (χ0v) is 12.5. The van der Waals surface area contributed by atoms with Crippen molar-refractivity contribution in [1.29, 1.82) is 0 Å². The largest absolute Gasteiger partial charge is 0.316 e. The highest BCUT2D eigenvalue weighted by Gasteiger charge is 2.30. The van der Waals surface area contributed by atoms with Crippen LogP contribution in [0.1, 0.15) is 39.5 Å². The molecule has 1 atom stereocenters. The van der Waals surface area contributed by atoms with Crippen molar-refractivity contribution in [2.45, 2.75) is 45.1 Å². The van der Waals surface area contributed by atoms with Gasteiger partial charge in [-0.2, -0.15) is 0 Å². The monoisotopic (exact) mass is 253 g/mol. The van der Waals surface area contributed by atoms with Gasteiger partial charge >= 0.3 is 0 Å². The van der Waals surface area contributed by atoms with Gasteiger partial charge in [0.15, 0.2) is 0 Å². The van der Waals surface area contributed by atoms with Crippen LogP contribution in [-0.4, -0.2) is 61.7 Å². The van der Waals surface area contributed by atoms with E-state index in [-0.39, 0.29) is 0 Å². The van der Waals surface area contributed by atoms with E-state index >= 15 is 0 Å². The molecular formula is C15H31N3. The van der Waals surface area contributed by atoms with Gasteiger partial charge < -0.3 is 10.2 Å². The summed E-state index contributed by atoms with van der Waals surface area (Å²) in [6.45, 7) is 12.2. The van der Waals surface area contributed by atoms with E-state index < -0.39 is 0 Å².